The Bertz CT molecular complexity index is 392. The van der Waals surface area contributed by atoms with Gasteiger partial charge in [0.1, 0.15) is 0 Å². The average Bonchev–Trinajstić information content (AvgIpc) is 2.80. The third-order valence-corrected chi connectivity index (χ3v) is 4.56. The number of nitrogens with two attached hydrogens (primary N) is 1. The summed E-state index contributed by atoms with van der Waals surface area (Å²) in [7, 11) is 0. The average molecular weight is 272 g/mol. The molecule has 0 saturated heterocycles. The van der Waals surface area contributed by atoms with Gasteiger partial charge in [-0.25, -0.2) is 0 Å². The molecular formula is C14H19Cl2N. The summed E-state index contributed by atoms with van der Waals surface area (Å²) in [6.07, 6.45) is 4.99. The van der Waals surface area contributed by atoms with E-state index in [2.05, 4.69) is 6.92 Å². The van der Waals surface area contributed by atoms with E-state index in [1.807, 2.05) is 18.2 Å². The van der Waals surface area contributed by atoms with Gasteiger partial charge in [0, 0.05) is 16.1 Å². The van der Waals surface area contributed by atoms with E-state index in [1.165, 1.54) is 25.7 Å². The zero-order valence-corrected chi connectivity index (χ0v) is 11.6. The van der Waals surface area contributed by atoms with Gasteiger partial charge in [0.2, 0.25) is 0 Å². The molecule has 1 aliphatic rings. The minimum Gasteiger partial charge on any atom is -0.324 e. The van der Waals surface area contributed by atoms with E-state index >= 15 is 0 Å². The van der Waals surface area contributed by atoms with Gasteiger partial charge in [0.05, 0.1) is 0 Å². The zero-order valence-electron chi connectivity index (χ0n) is 10.1. The number of halogens is 2. The first-order valence-corrected chi connectivity index (χ1v) is 7.08. The Hall–Kier alpha value is -0.240. The molecular weight excluding hydrogens is 253 g/mol. The molecule has 0 bridgehead atoms. The Morgan fingerprint density at radius 1 is 1.35 bits per heavy atom. The molecule has 1 nitrogen and oxygen atoms in total. The van der Waals surface area contributed by atoms with Crippen molar-refractivity contribution < 1.29 is 0 Å². The van der Waals surface area contributed by atoms with E-state index in [9.17, 15) is 0 Å². The Labute approximate surface area is 113 Å². The van der Waals surface area contributed by atoms with Crippen LogP contribution in [0.4, 0.5) is 0 Å². The molecule has 94 valence electrons. The summed E-state index contributed by atoms with van der Waals surface area (Å²) < 4.78 is 0. The molecule has 0 spiro atoms. The van der Waals surface area contributed by atoms with Gasteiger partial charge >= 0.3 is 0 Å². The molecule has 3 unspecified atom stereocenters. The molecule has 2 N–H and O–H groups in total. The van der Waals surface area contributed by atoms with E-state index in [0.29, 0.717) is 10.9 Å². The highest BCUT2D eigenvalue weighted by atomic mass is 35.5. The van der Waals surface area contributed by atoms with Crippen LogP contribution in [0, 0.1) is 11.8 Å². The van der Waals surface area contributed by atoms with Crippen molar-refractivity contribution in [2.75, 3.05) is 0 Å². The molecule has 1 aliphatic carbocycles. The van der Waals surface area contributed by atoms with Crippen LogP contribution in [0.1, 0.15) is 44.2 Å². The molecule has 3 atom stereocenters. The molecule has 0 aliphatic heterocycles. The van der Waals surface area contributed by atoms with Crippen molar-refractivity contribution in [2.24, 2.45) is 17.6 Å². The summed E-state index contributed by atoms with van der Waals surface area (Å²) in [6, 6.07) is 5.58. The molecule has 1 saturated carbocycles. The van der Waals surface area contributed by atoms with Crippen LogP contribution in [0.25, 0.3) is 0 Å². The first-order valence-electron chi connectivity index (χ1n) is 6.32. The van der Waals surface area contributed by atoms with Crippen molar-refractivity contribution in [1.82, 2.24) is 0 Å². The summed E-state index contributed by atoms with van der Waals surface area (Å²) >= 11 is 12.2. The fourth-order valence-corrected chi connectivity index (χ4v) is 3.26. The van der Waals surface area contributed by atoms with E-state index in [1.54, 1.807) is 0 Å². The Balaban J connectivity index is 2.14. The van der Waals surface area contributed by atoms with Crippen LogP contribution >= 0.6 is 23.2 Å². The standard InChI is InChI=1S/C14H19Cl2N/c1-2-9-3-4-10(7-9)14(17)12-8-11(15)5-6-13(12)16/h5-6,8-10,14H,2-4,7,17H2,1H3. The van der Waals surface area contributed by atoms with Gasteiger partial charge in [-0.3, -0.25) is 0 Å². The molecule has 1 aromatic rings. The molecule has 0 radical (unpaired) electrons. The monoisotopic (exact) mass is 271 g/mol. The van der Waals surface area contributed by atoms with E-state index in [4.69, 9.17) is 28.9 Å². The third-order valence-electron chi connectivity index (χ3n) is 3.98. The summed E-state index contributed by atoms with van der Waals surface area (Å²) in [6.45, 7) is 2.25. The quantitative estimate of drug-likeness (QED) is 0.838. The van der Waals surface area contributed by atoms with Crippen LogP contribution < -0.4 is 5.73 Å². The van der Waals surface area contributed by atoms with Gasteiger partial charge in [0.25, 0.3) is 0 Å². The van der Waals surface area contributed by atoms with Crippen LogP contribution in [-0.2, 0) is 0 Å². The lowest BCUT2D eigenvalue weighted by atomic mass is 9.91. The van der Waals surface area contributed by atoms with Crippen LogP contribution in [-0.4, -0.2) is 0 Å². The Morgan fingerprint density at radius 2 is 2.12 bits per heavy atom. The molecule has 0 heterocycles. The number of rotatable bonds is 3. The summed E-state index contributed by atoms with van der Waals surface area (Å²) in [5.74, 6) is 1.39. The topological polar surface area (TPSA) is 26.0 Å². The molecule has 17 heavy (non-hydrogen) atoms. The first kappa shape index (κ1) is 13.2. The van der Waals surface area contributed by atoms with Crippen molar-refractivity contribution in [3.05, 3.63) is 33.8 Å². The fourth-order valence-electron chi connectivity index (χ4n) is 2.83. The first-order chi connectivity index (χ1) is 8.11. The predicted molar refractivity (Wildman–Crippen MR) is 74.5 cm³/mol. The Morgan fingerprint density at radius 3 is 2.76 bits per heavy atom. The van der Waals surface area contributed by atoms with Gasteiger partial charge in [-0.2, -0.15) is 0 Å². The maximum absolute atomic E-state index is 6.34. The highest BCUT2D eigenvalue weighted by Crippen LogP contribution is 2.41. The third kappa shape index (κ3) is 2.96. The van der Waals surface area contributed by atoms with E-state index < -0.39 is 0 Å². The highest BCUT2D eigenvalue weighted by molar-refractivity contribution is 6.33. The maximum atomic E-state index is 6.34. The predicted octanol–water partition coefficient (Wildman–Crippen LogP) is 4.82. The lowest BCUT2D eigenvalue weighted by Crippen LogP contribution is -2.20. The SMILES string of the molecule is CCC1CCC(C(N)c2cc(Cl)ccc2Cl)C1. The van der Waals surface area contributed by atoms with Crippen molar-refractivity contribution in [3.8, 4) is 0 Å². The Kier molecular flexibility index (Phi) is 4.35. The van der Waals surface area contributed by atoms with Crippen LogP contribution in [0.2, 0.25) is 10.0 Å². The molecule has 1 aromatic carbocycles. The lowest BCUT2D eigenvalue weighted by Gasteiger charge is -2.21. The van der Waals surface area contributed by atoms with Crippen LogP contribution in [0.3, 0.4) is 0 Å². The largest absolute Gasteiger partial charge is 0.324 e. The second-order valence-electron chi connectivity index (χ2n) is 5.04. The van der Waals surface area contributed by atoms with Gasteiger partial charge < -0.3 is 5.73 Å². The summed E-state index contributed by atoms with van der Waals surface area (Å²) in [4.78, 5) is 0. The normalized spacial score (nSPS) is 26.1. The van der Waals surface area contributed by atoms with Crippen molar-refractivity contribution in [2.45, 2.75) is 38.6 Å². The van der Waals surface area contributed by atoms with Crippen LogP contribution in [0.15, 0.2) is 18.2 Å². The van der Waals surface area contributed by atoms with Gasteiger partial charge in [-0.05, 0) is 48.4 Å². The lowest BCUT2D eigenvalue weighted by molar-refractivity contribution is 0.416. The van der Waals surface area contributed by atoms with Crippen LogP contribution in [0.5, 0.6) is 0 Å². The van der Waals surface area contributed by atoms with E-state index in [0.717, 1.165) is 16.5 Å². The second kappa shape index (κ2) is 5.60. The molecule has 0 amide bonds. The van der Waals surface area contributed by atoms with Crippen molar-refractivity contribution >= 4 is 23.2 Å². The van der Waals surface area contributed by atoms with Gasteiger partial charge in [-0.15, -0.1) is 0 Å². The highest BCUT2D eigenvalue weighted by Gasteiger charge is 2.29. The summed E-state index contributed by atoms with van der Waals surface area (Å²) in [5, 5.41) is 1.45. The molecule has 0 aromatic heterocycles. The maximum Gasteiger partial charge on any atom is 0.0454 e. The molecule has 1 fully saturated rings. The fraction of sp³-hybridized carbons (Fsp3) is 0.571. The second-order valence-corrected chi connectivity index (χ2v) is 5.88. The number of benzene rings is 1. The number of hydrogen-bond acceptors (Lipinski definition) is 1. The zero-order chi connectivity index (χ0) is 12.4. The minimum atomic E-state index is 0.0257. The number of hydrogen-bond donors (Lipinski definition) is 1. The molecule has 2 rings (SSSR count). The van der Waals surface area contributed by atoms with Gasteiger partial charge in [0.15, 0.2) is 0 Å². The van der Waals surface area contributed by atoms with Crippen molar-refractivity contribution in [1.29, 1.82) is 0 Å². The van der Waals surface area contributed by atoms with Gasteiger partial charge in [-0.1, -0.05) is 43.0 Å². The molecule has 3 heteroatoms. The van der Waals surface area contributed by atoms with E-state index in [-0.39, 0.29) is 6.04 Å². The minimum absolute atomic E-state index is 0.0257. The smallest absolute Gasteiger partial charge is 0.0454 e. The summed E-state index contributed by atoms with van der Waals surface area (Å²) in [5.41, 5.74) is 7.34. The van der Waals surface area contributed by atoms with Crippen molar-refractivity contribution in [3.63, 3.8) is 0 Å².